The molecule has 1 saturated carbocycles. The third kappa shape index (κ3) is 1.38. The van der Waals surface area contributed by atoms with Gasteiger partial charge in [0.15, 0.2) is 11.6 Å². The van der Waals surface area contributed by atoms with E-state index in [1.54, 1.807) is 0 Å². The van der Waals surface area contributed by atoms with Crippen molar-refractivity contribution in [2.24, 2.45) is 5.92 Å². The number of carbonyl (C=O) groups is 1. The lowest BCUT2D eigenvalue weighted by Gasteiger charge is -2.43. The van der Waals surface area contributed by atoms with Gasteiger partial charge < -0.3 is 9.47 Å². The summed E-state index contributed by atoms with van der Waals surface area (Å²) in [6.45, 7) is 3.38. The summed E-state index contributed by atoms with van der Waals surface area (Å²) in [6, 6.07) is 0. The molecule has 1 atom stereocenters. The van der Waals surface area contributed by atoms with Crippen molar-refractivity contribution >= 4 is 5.78 Å². The van der Waals surface area contributed by atoms with E-state index < -0.39 is 0 Å². The van der Waals surface area contributed by atoms with E-state index in [1.807, 2.05) is 6.92 Å². The highest BCUT2D eigenvalue weighted by Gasteiger charge is 2.49. The van der Waals surface area contributed by atoms with Gasteiger partial charge in [-0.1, -0.05) is 5.57 Å². The second-order valence-corrected chi connectivity index (χ2v) is 5.03. The van der Waals surface area contributed by atoms with Crippen LogP contribution in [0.25, 0.3) is 0 Å². The quantitative estimate of drug-likeness (QED) is 0.630. The van der Waals surface area contributed by atoms with E-state index in [0.717, 1.165) is 31.3 Å². The molecule has 1 saturated heterocycles. The molecule has 0 radical (unpaired) electrons. The van der Waals surface area contributed by atoms with Gasteiger partial charge in [-0.05, 0) is 31.8 Å². The molecule has 88 valence electrons. The predicted octanol–water partition coefficient (Wildman–Crippen LogP) is 2.21. The van der Waals surface area contributed by atoms with E-state index in [9.17, 15) is 4.79 Å². The van der Waals surface area contributed by atoms with Gasteiger partial charge in [0.25, 0.3) is 0 Å². The maximum absolute atomic E-state index is 11.7. The number of fused-ring (bicyclic) bond motifs is 2. The second-order valence-electron chi connectivity index (χ2n) is 5.03. The van der Waals surface area contributed by atoms with Gasteiger partial charge in [-0.25, -0.2) is 0 Å². The van der Waals surface area contributed by atoms with E-state index in [0.29, 0.717) is 31.3 Å². The molecule has 2 aliphatic carbocycles. The Hall–Kier alpha value is -0.670. The Morgan fingerprint density at radius 1 is 1.25 bits per heavy atom. The fraction of sp³-hybridized carbons (Fsp3) is 0.769. The first-order valence-electron chi connectivity index (χ1n) is 6.24. The molecule has 1 heterocycles. The number of Topliss-reactive ketones (excluding diaryl/α,β-unsaturated/α-hetero) is 1. The molecule has 0 aromatic rings. The lowest BCUT2D eigenvalue weighted by Crippen LogP contribution is -2.45. The fourth-order valence-electron chi connectivity index (χ4n) is 3.44. The van der Waals surface area contributed by atoms with Gasteiger partial charge in [-0.2, -0.15) is 0 Å². The van der Waals surface area contributed by atoms with Crippen molar-refractivity contribution in [2.75, 3.05) is 13.2 Å². The fourth-order valence-corrected chi connectivity index (χ4v) is 3.44. The van der Waals surface area contributed by atoms with Crippen molar-refractivity contribution in [1.82, 2.24) is 0 Å². The third-order valence-corrected chi connectivity index (χ3v) is 4.26. The molecule has 0 aromatic carbocycles. The molecule has 2 fully saturated rings. The van der Waals surface area contributed by atoms with Crippen molar-refractivity contribution in [3.63, 3.8) is 0 Å². The van der Waals surface area contributed by atoms with Crippen LogP contribution < -0.4 is 0 Å². The minimum Gasteiger partial charge on any atom is -0.347 e. The van der Waals surface area contributed by atoms with Crippen LogP contribution in [0.5, 0.6) is 0 Å². The summed E-state index contributed by atoms with van der Waals surface area (Å²) < 4.78 is 11.7. The summed E-state index contributed by atoms with van der Waals surface area (Å²) in [4.78, 5) is 11.7. The highest BCUT2D eigenvalue weighted by molar-refractivity contribution is 5.96. The third-order valence-electron chi connectivity index (χ3n) is 4.26. The number of ether oxygens (including phenoxy) is 2. The topological polar surface area (TPSA) is 35.5 Å². The second kappa shape index (κ2) is 3.67. The zero-order valence-electron chi connectivity index (χ0n) is 9.75. The first kappa shape index (κ1) is 10.5. The molecule has 3 heteroatoms. The van der Waals surface area contributed by atoms with Crippen LogP contribution in [0, 0.1) is 5.92 Å². The average Bonchev–Trinajstić information content (AvgIpc) is 2.74. The largest absolute Gasteiger partial charge is 0.347 e. The maximum atomic E-state index is 11.7. The van der Waals surface area contributed by atoms with E-state index in [2.05, 4.69) is 0 Å². The molecule has 0 bridgehead atoms. The summed E-state index contributed by atoms with van der Waals surface area (Å²) in [7, 11) is 0. The van der Waals surface area contributed by atoms with E-state index in [4.69, 9.17) is 9.47 Å². The molecular formula is C13H18O3. The lowest BCUT2D eigenvalue weighted by molar-refractivity contribution is -0.202. The Labute approximate surface area is 95.8 Å². The van der Waals surface area contributed by atoms with E-state index >= 15 is 0 Å². The number of ketones is 1. The average molecular weight is 222 g/mol. The first-order valence-corrected chi connectivity index (χ1v) is 6.24. The molecule has 16 heavy (non-hydrogen) atoms. The zero-order valence-corrected chi connectivity index (χ0v) is 9.75. The molecule has 3 nitrogen and oxygen atoms in total. The van der Waals surface area contributed by atoms with Crippen molar-refractivity contribution in [2.45, 2.75) is 44.8 Å². The van der Waals surface area contributed by atoms with Crippen LogP contribution in [0.4, 0.5) is 0 Å². The Morgan fingerprint density at radius 2 is 2.00 bits per heavy atom. The van der Waals surface area contributed by atoms with E-state index in [-0.39, 0.29) is 5.79 Å². The van der Waals surface area contributed by atoms with Crippen molar-refractivity contribution in [1.29, 1.82) is 0 Å². The molecule has 0 unspecified atom stereocenters. The summed E-state index contributed by atoms with van der Waals surface area (Å²) in [5, 5.41) is 0. The molecule has 3 aliphatic rings. The van der Waals surface area contributed by atoms with Crippen LogP contribution in [0.1, 0.15) is 39.0 Å². The minimum absolute atomic E-state index is 0.321. The standard InChI is InChI=1S/C13H18O3/c1-9-10-3-2-6-13(15-7-8-16-13)11(10)4-5-12(9)14/h11H,2-8H2,1H3/t11-/m1/s1. The van der Waals surface area contributed by atoms with Gasteiger partial charge in [0.1, 0.15) is 0 Å². The van der Waals surface area contributed by atoms with Crippen LogP contribution >= 0.6 is 0 Å². The Kier molecular flexibility index (Phi) is 2.41. The van der Waals surface area contributed by atoms with Crippen LogP contribution in [-0.2, 0) is 14.3 Å². The normalized spacial score (nSPS) is 33.3. The molecule has 0 amide bonds. The Balaban J connectivity index is 1.99. The van der Waals surface area contributed by atoms with Crippen LogP contribution in [0.3, 0.4) is 0 Å². The van der Waals surface area contributed by atoms with Crippen molar-refractivity contribution in [3.8, 4) is 0 Å². The van der Waals surface area contributed by atoms with Gasteiger partial charge in [0.05, 0.1) is 13.2 Å². The molecule has 1 aliphatic heterocycles. The monoisotopic (exact) mass is 222 g/mol. The van der Waals surface area contributed by atoms with Gasteiger partial charge in [-0.3, -0.25) is 4.79 Å². The summed E-state index contributed by atoms with van der Waals surface area (Å²) in [5.41, 5.74) is 2.29. The van der Waals surface area contributed by atoms with Crippen LogP contribution in [-0.4, -0.2) is 24.8 Å². The van der Waals surface area contributed by atoms with Gasteiger partial charge >= 0.3 is 0 Å². The highest BCUT2D eigenvalue weighted by atomic mass is 16.7. The summed E-state index contributed by atoms with van der Waals surface area (Å²) in [5.74, 6) is 0.276. The van der Waals surface area contributed by atoms with Crippen LogP contribution in [0.2, 0.25) is 0 Å². The maximum Gasteiger partial charge on any atom is 0.174 e. The number of rotatable bonds is 0. The van der Waals surface area contributed by atoms with Gasteiger partial charge in [0, 0.05) is 18.8 Å². The first-order chi connectivity index (χ1) is 7.73. The number of carbonyl (C=O) groups excluding carboxylic acids is 1. The molecule has 0 aromatic heterocycles. The van der Waals surface area contributed by atoms with Gasteiger partial charge in [-0.15, -0.1) is 0 Å². The molecular weight excluding hydrogens is 204 g/mol. The summed E-state index contributed by atoms with van der Waals surface area (Å²) in [6.07, 6.45) is 4.69. The lowest BCUT2D eigenvalue weighted by atomic mass is 9.71. The summed E-state index contributed by atoms with van der Waals surface area (Å²) >= 11 is 0. The van der Waals surface area contributed by atoms with E-state index in [1.165, 1.54) is 5.57 Å². The predicted molar refractivity (Wildman–Crippen MR) is 58.9 cm³/mol. The Bertz CT molecular complexity index is 350. The number of allylic oxidation sites excluding steroid dienone is 1. The molecule has 0 N–H and O–H groups in total. The van der Waals surface area contributed by atoms with Crippen LogP contribution in [0.15, 0.2) is 11.1 Å². The van der Waals surface area contributed by atoms with Crippen molar-refractivity contribution < 1.29 is 14.3 Å². The minimum atomic E-state index is -0.379. The van der Waals surface area contributed by atoms with Crippen molar-refractivity contribution in [3.05, 3.63) is 11.1 Å². The smallest absolute Gasteiger partial charge is 0.174 e. The SMILES string of the molecule is CC1=C2CCCC3(OCCO3)[C@@H]2CCC1=O. The highest BCUT2D eigenvalue weighted by Crippen LogP contribution is 2.48. The number of hydrogen-bond acceptors (Lipinski definition) is 3. The van der Waals surface area contributed by atoms with Gasteiger partial charge in [0.2, 0.25) is 0 Å². The molecule has 1 spiro atoms. The number of hydrogen-bond donors (Lipinski definition) is 0. The zero-order chi connectivity index (χ0) is 11.2. The molecule has 3 rings (SSSR count). The Morgan fingerprint density at radius 3 is 2.75 bits per heavy atom.